The quantitative estimate of drug-likeness (QED) is 0.381. The molecule has 0 bridgehead atoms. The van der Waals surface area contributed by atoms with Gasteiger partial charge in [-0.15, -0.1) is 10.2 Å². The highest BCUT2D eigenvalue weighted by Crippen LogP contribution is 2.33. The van der Waals surface area contributed by atoms with Crippen LogP contribution in [0.5, 0.6) is 0 Å². The first kappa shape index (κ1) is 20.9. The molecule has 1 aromatic carbocycles. The van der Waals surface area contributed by atoms with Gasteiger partial charge < -0.3 is 9.88 Å². The zero-order chi connectivity index (χ0) is 19.9. The van der Waals surface area contributed by atoms with Crippen molar-refractivity contribution in [2.75, 3.05) is 12.8 Å². The van der Waals surface area contributed by atoms with Crippen molar-refractivity contribution in [3.63, 3.8) is 0 Å². The Hall–Kier alpha value is -1.86. The van der Waals surface area contributed by atoms with Crippen molar-refractivity contribution in [2.24, 2.45) is 0 Å². The summed E-state index contributed by atoms with van der Waals surface area (Å²) in [5.41, 5.74) is 0.216. The number of halogens is 2. The molecule has 0 aliphatic heterocycles. The van der Waals surface area contributed by atoms with E-state index in [1.54, 1.807) is 17.8 Å². The van der Waals surface area contributed by atoms with E-state index in [4.69, 9.17) is 11.6 Å². The molecule has 5 nitrogen and oxygen atoms in total. The van der Waals surface area contributed by atoms with E-state index in [0.717, 1.165) is 23.8 Å². The van der Waals surface area contributed by atoms with Crippen LogP contribution in [-0.4, -0.2) is 33.5 Å². The Kier molecular flexibility index (Phi) is 7.50. The molecular formula is C20H24ClFN4OS. The van der Waals surface area contributed by atoms with Crippen LogP contribution in [0.25, 0.3) is 6.08 Å². The van der Waals surface area contributed by atoms with Crippen LogP contribution in [0.2, 0.25) is 5.02 Å². The van der Waals surface area contributed by atoms with Gasteiger partial charge in [-0.1, -0.05) is 42.3 Å². The third-order valence-corrected chi connectivity index (χ3v) is 5.86. The third-order valence-electron chi connectivity index (χ3n) is 4.89. The number of aryl methyl sites for hydroxylation is 1. The molecule has 150 valence electrons. The van der Waals surface area contributed by atoms with Crippen LogP contribution in [0.4, 0.5) is 4.39 Å². The van der Waals surface area contributed by atoms with Gasteiger partial charge in [-0.05, 0) is 43.7 Å². The summed E-state index contributed by atoms with van der Waals surface area (Å²) >= 11 is 7.57. The Morgan fingerprint density at radius 3 is 2.89 bits per heavy atom. The maximum atomic E-state index is 13.7. The molecule has 3 rings (SSSR count). The number of benzene rings is 1. The van der Waals surface area contributed by atoms with E-state index in [0.29, 0.717) is 12.6 Å². The van der Waals surface area contributed by atoms with Crippen LogP contribution < -0.4 is 5.32 Å². The van der Waals surface area contributed by atoms with Crippen LogP contribution >= 0.6 is 23.4 Å². The first-order valence-corrected chi connectivity index (χ1v) is 11.1. The number of nitrogens with zero attached hydrogens (tertiary/aromatic N) is 3. The lowest BCUT2D eigenvalue weighted by Crippen LogP contribution is -2.23. The minimum absolute atomic E-state index is 0.216. The first-order valence-electron chi connectivity index (χ1n) is 9.48. The number of carbonyl (C=O) groups is 1. The van der Waals surface area contributed by atoms with Gasteiger partial charge in [0.2, 0.25) is 5.91 Å². The monoisotopic (exact) mass is 422 g/mol. The summed E-state index contributed by atoms with van der Waals surface area (Å²) in [5, 5.41) is 12.7. The smallest absolute Gasteiger partial charge is 0.244 e. The van der Waals surface area contributed by atoms with E-state index in [9.17, 15) is 9.18 Å². The SMILES string of the molecule is CSc1nnc(CCCNC(=O)/C=C/c2c(F)cccc2Cl)n1C1CCCC1. The second kappa shape index (κ2) is 10.1. The summed E-state index contributed by atoms with van der Waals surface area (Å²) in [6, 6.07) is 4.93. The largest absolute Gasteiger partial charge is 0.353 e. The molecule has 1 saturated carbocycles. The van der Waals surface area contributed by atoms with Gasteiger partial charge >= 0.3 is 0 Å². The molecule has 1 aromatic heterocycles. The summed E-state index contributed by atoms with van der Waals surface area (Å²) < 4.78 is 16.0. The predicted octanol–water partition coefficient (Wildman–Crippen LogP) is 4.67. The molecule has 28 heavy (non-hydrogen) atoms. The number of amides is 1. The van der Waals surface area contributed by atoms with Gasteiger partial charge in [-0.25, -0.2) is 4.39 Å². The van der Waals surface area contributed by atoms with Gasteiger partial charge in [0.15, 0.2) is 5.16 Å². The fraction of sp³-hybridized carbons (Fsp3) is 0.450. The van der Waals surface area contributed by atoms with Gasteiger partial charge in [0.05, 0.1) is 5.02 Å². The molecule has 1 heterocycles. The number of thioether (sulfide) groups is 1. The Bertz CT molecular complexity index is 828. The molecule has 1 amide bonds. The van der Waals surface area contributed by atoms with Crippen LogP contribution in [-0.2, 0) is 11.2 Å². The molecule has 1 aliphatic rings. The molecule has 0 saturated heterocycles. The molecule has 0 radical (unpaired) electrons. The highest BCUT2D eigenvalue weighted by molar-refractivity contribution is 7.98. The molecular weight excluding hydrogens is 399 g/mol. The van der Waals surface area contributed by atoms with Gasteiger partial charge in [0.25, 0.3) is 0 Å². The van der Waals surface area contributed by atoms with Crippen molar-refractivity contribution in [3.8, 4) is 0 Å². The molecule has 1 fully saturated rings. The Balaban J connectivity index is 1.50. The van der Waals surface area contributed by atoms with Crippen LogP contribution in [0.1, 0.15) is 49.5 Å². The van der Waals surface area contributed by atoms with Gasteiger partial charge in [0.1, 0.15) is 11.6 Å². The Labute approximate surface area is 173 Å². The lowest BCUT2D eigenvalue weighted by molar-refractivity contribution is -0.116. The number of hydrogen-bond donors (Lipinski definition) is 1. The lowest BCUT2D eigenvalue weighted by Gasteiger charge is -2.16. The summed E-state index contributed by atoms with van der Waals surface area (Å²) in [7, 11) is 0. The summed E-state index contributed by atoms with van der Waals surface area (Å²) in [6.07, 6.45) is 11.1. The number of nitrogens with one attached hydrogen (secondary N) is 1. The standard InChI is InChI=1S/C20H24ClFN4OS/c1-28-20-25-24-18(26(20)14-6-2-3-7-14)10-5-13-23-19(27)12-11-15-16(21)8-4-9-17(15)22/h4,8-9,11-12,14H,2-3,5-7,10,13H2,1H3,(H,23,27)/b12-11+. The molecule has 0 unspecified atom stereocenters. The zero-order valence-electron chi connectivity index (χ0n) is 15.8. The van der Waals surface area contributed by atoms with Crippen molar-refractivity contribution in [1.29, 1.82) is 0 Å². The van der Waals surface area contributed by atoms with E-state index in [-0.39, 0.29) is 16.5 Å². The summed E-state index contributed by atoms with van der Waals surface area (Å²) in [4.78, 5) is 12.0. The van der Waals surface area contributed by atoms with Crippen LogP contribution in [0.3, 0.4) is 0 Å². The Morgan fingerprint density at radius 2 is 2.18 bits per heavy atom. The highest BCUT2D eigenvalue weighted by Gasteiger charge is 2.23. The van der Waals surface area contributed by atoms with E-state index < -0.39 is 5.82 Å². The topological polar surface area (TPSA) is 59.8 Å². The minimum atomic E-state index is -0.451. The second-order valence-corrected chi connectivity index (χ2v) is 7.96. The van der Waals surface area contributed by atoms with Gasteiger partial charge in [-0.2, -0.15) is 0 Å². The minimum Gasteiger partial charge on any atom is -0.353 e. The highest BCUT2D eigenvalue weighted by atomic mass is 35.5. The molecule has 0 atom stereocenters. The van der Waals surface area contributed by atoms with Crippen molar-refractivity contribution >= 4 is 35.3 Å². The first-order chi connectivity index (χ1) is 13.6. The molecule has 2 aromatic rings. The average Bonchev–Trinajstić information content (AvgIpc) is 3.34. The number of hydrogen-bond acceptors (Lipinski definition) is 4. The van der Waals surface area contributed by atoms with Gasteiger partial charge in [0, 0.05) is 30.6 Å². The third kappa shape index (κ3) is 5.14. The van der Waals surface area contributed by atoms with Crippen LogP contribution in [0, 0.1) is 5.82 Å². The fourth-order valence-electron chi connectivity index (χ4n) is 3.49. The van der Waals surface area contributed by atoms with Crippen molar-refractivity contribution in [1.82, 2.24) is 20.1 Å². The lowest BCUT2D eigenvalue weighted by atomic mass is 10.2. The fourth-order valence-corrected chi connectivity index (χ4v) is 4.29. The summed E-state index contributed by atoms with van der Waals surface area (Å²) in [5.74, 6) is 0.257. The van der Waals surface area contributed by atoms with Crippen molar-refractivity contribution in [2.45, 2.75) is 49.7 Å². The Morgan fingerprint density at radius 1 is 1.39 bits per heavy atom. The zero-order valence-corrected chi connectivity index (χ0v) is 17.4. The van der Waals surface area contributed by atoms with E-state index in [2.05, 4.69) is 20.1 Å². The molecule has 1 N–H and O–H groups in total. The van der Waals surface area contributed by atoms with Crippen LogP contribution in [0.15, 0.2) is 29.4 Å². The molecule has 1 aliphatic carbocycles. The maximum absolute atomic E-state index is 13.7. The molecule has 0 spiro atoms. The molecule has 8 heteroatoms. The van der Waals surface area contributed by atoms with E-state index >= 15 is 0 Å². The maximum Gasteiger partial charge on any atom is 0.244 e. The second-order valence-electron chi connectivity index (χ2n) is 6.77. The normalized spacial score (nSPS) is 14.8. The van der Waals surface area contributed by atoms with E-state index in [1.807, 2.05) is 6.26 Å². The number of aromatic nitrogens is 3. The van der Waals surface area contributed by atoms with Gasteiger partial charge in [-0.3, -0.25) is 4.79 Å². The predicted molar refractivity (Wildman–Crippen MR) is 111 cm³/mol. The average molecular weight is 423 g/mol. The number of rotatable bonds is 8. The van der Waals surface area contributed by atoms with Crippen molar-refractivity contribution < 1.29 is 9.18 Å². The summed E-state index contributed by atoms with van der Waals surface area (Å²) in [6.45, 7) is 0.514. The van der Waals surface area contributed by atoms with E-state index in [1.165, 1.54) is 50.0 Å². The van der Waals surface area contributed by atoms with Crippen molar-refractivity contribution in [3.05, 3.63) is 46.5 Å². The number of carbonyl (C=O) groups excluding carboxylic acids is 1.